The van der Waals surface area contributed by atoms with Gasteiger partial charge in [0.25, 0.3) is 14.3 Å². The van der Waals surface area contributed by atoms with Crippen molar-refractivity contribution in [3.63, 3.8) is 0 Å². The molecule has 1 N–H and O–H groups in total. The fourth-order valence-corrected chi connectivity index (χ4v) is 9.47. The van der Waals surface area contributed by atoms with Crippen LogP contribution in [-0.4, -0.2) is 39.0 Å². The standard InChI is InChI=1S/C29H34N2O4Si/c1-21(19-20-30-28-31-26-24(27(32)33-5)17-12-18-25(26)34-28)35-36(29(2,3)4,22-13-8-6-9-14-22)23-15-10-7-11-16-23/h6-18,21H,19-20H2,1-5H3,(H,30,31). The van der Waals surface area contributed by atoms with Crippen molar-refractivity contribution in [2.24, 2.45) is 0 Å². The second-order valence-electron chi connectivity index (χ2n) is 9.97. The molecule has 0 saturated carbocycles. The van der Waals surface area contributed by atoms with Crippen LogP contribution in [0.1, 0.15) is 44.5 Å². The Labute approximate surface area is 213 Å². The number of fused-ring (bicyclic) bond motifs is 1. The largest absolute Gasteiger partial charge is 0.465 e. The van der Waals surface area contributed by atoms with Crippen molar-refractivity contribution >= 4 is 41.8 Å². The molecule has 4 rings (SSSR count). The van der Waals surface area contributed by atoms with Gasteiger partial charge in [0.05, 0.1) is 12.7 Å². The van der Waals surface area contributed by atoms with Gasteiger partial charge in [0.15, 0.2) is 5.58 Å². The first-order valence-corrected chi connectivity index (χ1v) is 14.2. The number of hydrogen-bond donors (Lipinski definition) is 1. The first kappa shape index (κ1) is 25.7. The zero-order chi connectivity index (χ0) is 25.8. The minimum atomic E-state index is -2.61. The molecule has 0 amide bonds. The third-order valence-electron chi connectivity index (χ3n) is 6.45. The lowest BCUT2D eigenvalue weighted by Gasteiger charge is -2.44. The number of benzene rings is 3. The Morgan fingerprint density at radius 1 is 0.972 bits per heavy atom. The van der Waals surface area contributed by atoms with E-state index in [1.807, 2.05) is 0 Å². The number of ether oxygens (including phenoxy) is 1. The van der Waals surface area contributed by atoms with Crippen molar-refractivity contribution in [1.29, 1.82) is 0 Å². The van der Waals surface area contributed by atoms with E-state index in [1.165, 1.54) is 17.5 Å². The Morgan fingerprint density at radius 3 is 2.14 bits per heavy atom. The predicted molar refractivity (Wildman–Crippen MR) is 147 cm³/mol. The van der Waals surface area contributed by atoms with E-state index in [-0.39, 0.29) is 11.1 Å². The number of carbonyl (C=O) groups excluding carboxylic acids is 1. The van der Waals surface area contributed by atoms with Crippen molar-refractivity contribution in [3.8, 4) is 0 Å². The molecule has 0 radical (unpaired) electrons. The summed E-state index contributed by atoms with van der Waals surface area (Å²) in [6.07, 6.45) is 0.742. The number of anilines is 1. The van der Waals surface area contributed by atoms with Crippen LogP contribution < -0.4 is 15.7 Å². The van der Waals surface area contributed by atoms with E-state index in [9.17, 15) is 4.79 Å². The number of methoxy groups -OCH3 is 1. The van der Waals surface area contributed by atoms with Crippen molar-refractivity contribution in [3.05, 3.63) is 84.4 Å². The summed E-state index contributed by atoms with van der Waals surface area (Å²) in [5, 5.41) is 5.70. The van der Waals surface area contributed by atoms with Gasteiger partial charge in [-0.3, -0.25) is 0 Å². The number of carbonyl (C=O) groups is 1. The van der Waals surface area contributed by atoms with Crippen molar-refractivity contribution in [2.45, 2.75) is 45.3 Å². The highest BCUT2D eigenvalue weighted by atomic mass is 28.4. The monoisotopic (exact) mass is 502 g/mol. The Hall–Kier alpha value is -3.42. The molecular weight excluding hydrogens is 468 g/mol. The molecule has 3 aromatic carbocycles. The van der Waals surface area contributed by atoms with Gasteiger partial charge in [0.2, 0.25) is 0 Å². The first-order valence-electron chi connectivity index (χ1n) is 12.3. The highest BCUT2D eigenvalue weighted by molar-refractivity contribution is 6.99. The van der Waals surface area contributed by atoms with Gasteiger partial charge in [-0.25, -0.2) is 4.79 Å². The number of oxazole rings is 1. The maximum Gasteiger partial charge on any atom is 0.340 e. The number of hydrogen-bond acceptors (Lipinski definition) is 6. The van der Waals surface area contributed by atoms with Crippen LogP contribution >= 0.6 is 0 Å². The second kappa shape index (κ2) is 10.7. The summed E-state index contributed by atoms with van der Waals surface area (Å²) in [5.74, 6) is -0.437. The Kier molecular flexibility index (Phi) is 7.61. The number of esters is 1. The maximum absolute atomic E-state index is 12.1. The molecule has 1 heterocycles. The third-order valence-corrected chi connectivity index (χ3v) is 11.6. The fourth-order valence-electron chi connectivity index (χ4n) is 4.73. The SMILES string of the molecule is COC(=O)c1cccc2oc(NCCC(C)O[Si](c3ccccc3)(c3ccccc3)C(C)(C)C)nc12. The second-order valence-corrected chi connectivity index (χ2v) is 14.2. The molecule has 6 nitrogen and oxygen atoms in total. The van der Waals surface area contributed by atoms with Gasteiger partial charge in [0.1, 0.15) is 5.52 Å². The third kappa shape index (κ3) is 5.08. The number of aromatic nitrogens is 1. The summed E-state index contributed by atoms with van der Waals surface area (Å²) in [7, 11) is -1.26. The Balaban J connectivity index is 1.54. The smallest absolute Gasteiger partial charge is 0.340 e. The molecule has 0 bridgehead atoms. The van der Waals surface area contributed by atoms with Crippen LogP contribution in [0.4, 0.5) is 6.01 Å². The molecule has 0 saturated heterocycles. The van der Waals surface area contributed by atoms with Crippen molar-refractivity contribution in [2.75, 3.05) is 19.0 Å². The zero-order valence-corrected chi connectivity index (χ0v) is 22.6. The summed E-state index contributed by atoms with van der Waals surface area (Å²) in [4.78, 5) is 16.5. The lowest BCUT2D eigenvalue weighted by atomic mass is 10.2. The average molecular weight is 503 g/mol. The van der Waals surface area contributed by atoms with Gasteiger partial charge in [-0.15, -0.1) is 0 Å². The van der Waals surface area contributed by atoms with E-state index in [4.69, 9.17) is 13.6 Å². The van der Waals surface area contributed by atoms with E-state index in [2.05, 4.69) is 98.7 Å². The minimum absolute atomic E-state index is 0.0150. The van der Waals surface area contributed by atoms with Crippen LogP contribution in [-0.2, 0) is 9.16 Å². The van der Waals surface area contributed by atoms with E-state index >= 15 is 0 Å². The molecule has 1 aromatic heterocycles. The van der Waals surface area contributed by atoms with Crippen LogP contribution in [0.5, 0.6) is 0 Å². The van der Waals surface area contributed by atoms with Crippen LogP contribution in [0.2, 0.25) is 5.04 Å². The average Bonchev–Trinajstić information content (AvgIpc) is 3.30. The van der Waals surface area contributed by atoms with E-state index in [0.29, 0.717) is 29.2 Å². The summed E-state index contributed by atoms with van der Waals surface area (Å²) >= 11 is 0. The molecule has 36 heavy (non-hydrogen) atoms. The first-order chi connectivity index (χ1) is 17.3. The zero-order valence-electron chi connectivity index (χ0n) is 21.6. The van der Waals surface area contributed by atoms with Gasteiger partial charge in [-0.2, -0.15) is 4.98 Å². The van der Waals surface area contributed by atoms with Crippen LogP contribution in [0.15, 0.2) is 83.3 Å². The molecule has 0 aliphatic carbocycles. The quantitative estimate of drug-likeness (QED) is 0.245. The number of rotatable bonds is 9. The van der Waals surface area contributed by atoms with Crippen LogP contribution in [0, 0.1) is 0 Å². The van der Waals surface area contributed by atoms with Crippen LogP contribution in [0.25, 0.3) is 11.1 Å². The minimum Gasteiger partial charge on any atom is -0.465 e. The van der Waals surface area contributed by atoms with E-state index in [0.717, 1.165) is 6.42 Å². The molecule has 0 fully saturated rings. The number of para-hydroxylation sites is 1. The Bertz CT molecular complexity index is 1260. The van der Waals surface area contributed by atoms with Gasteiger partial charge < -0.3 is 18.9 Å². The fraction of sp³-hybridized carbons (Fsp3) is 0.310. The molecule has 188 valence electrons. The molecular formula is C29H34N2O4Si. The Morgan fingerprint density at radius 2 is 1.58 bits per heavy atom. The summed E-state index contributed by atoms with van der Waals surface area (Å²) in [6, 6.07) is 26.9. The molecule has 7 heteroatoms. The number of nitrogens with one attached hydrogen (secondary N) is 1. The van der Waals surface area contributed by atoms with Crippen molar-refractivity contribution < 1.29 is 18.4 Å². The summed E-state index contributed by atoms with van der Waals surface area (Å²) < 4.78 is 17.8. The molecule has 1 atom stereocenters. The molecule has 0 aliphatic rings. The topological polar surface area (TPSA) is 73.6 Å². The molecule has 0 aliphatic heterocycles. The summed E-state index contributed by atoms with van der Waals surface area (Å²) in [6.45, 7) is 9.58. The lowest BCUT2D eigenvalue weighted by molar-refractivity contribution is 0.0602. The number of nitrogens with zero attached hydrogens (tertiary/aromatic N) is 1. The van der Waals surface area contributed by atoms with E-state index < -0.39 is 14.3 Å². The van der Waals surface area contributed by atoms with Gasteiger partial charge in [-0.05, 0) is 40.9 Å². The highest BCUT2D eigenvalue weighted by Crippen LogP contribution is 2.37. The van der Waals surface area contributed by atoms with Crippen LogP contribution in [0.3, 0.4) is 0 Å². The molecule has 0 spiro atoms. The highest BCUT2D eigenvalue weighted by Gasteiger charge is 2.50. The van der Waals surface area contributed by atoms with Gasteiger partial charge in [0, 0.05) is 12.6 Å². The molecule has 1 unspecified atom stereocenters. The molecule has 4 aromatic rings. The van der Waals surface area contributed by atoms with Gasteiger partial charge in [-0.1, -0.05) is 87.5 Å². The van der Waals surface area contributed by atoms with Crippen molar-refractivity contribution in [1.82, 2.24) is 4.98 Å². The lowest BCUT2D eigenvalue weighted by Crippen LogP contribution is -2.67. The predicted octanol–water partition coefficient (Wildman–Crippen LogP) is 5.38. The van der Waals surface area contributed by atoms with E-state index in [1.54, 1.807) is 18.2 Å². The normalized spacial score (nSPS) is 12.9. The van der Waals surface area contributed by atoms with Gasteiger partial charge >= 0.3 is 5.97 Å². The summed E-state index contributed by atoms with van der Waals surface area (Å²) in [5.41, 5.74) is 1.41. The maximum atomic E-state index is 12.1.